The Balaban J connectivity index is 1.67. The first-order chi connectivity index (χ1) is 12.7. The largest absolute Gasteiger partial charge is 0.508 e. The van der Waals surface area contributed by atoms with Crippen molar-refractivity contribution in [2.75, 3.05) is 5.43 Å². The van der Waals surface area contributed by atoms with Crippen molar-refractivity contribution in [3.8, 4) is 11.4 Å². The summed E-state index contributed by atoms with van der Waals surface area (Å²) in [4.78, 5) is 8.94. The third kappa shape index (κ3) is 3.10. The lowest BCUT2D eigenvalue weighted by molar-refractivity contribution is 0.475. The van der Waals surface area contributed by atoms with E-state index in [2.05, 4.69) is 25.6 Å². The molecular formula is C19H16N6O. The SMILES string of the molecule is Cc1nc(N/N=C/c2ccc(O)cc2)c2cnn(-c3ccccc3)c2n1. The molecule has 0 bridgehead atoms. The molecule has 0 radical (unpaired) electrons. The van der Waals surface area contributed by atoms with E-state index in [1.807, 2.05) is 37.3 Å². The van der Waals surface area contributed by atoms with Gasteiger partial charge in [-0.1, -0.05) is 18.2 Å². The van der Waals surface area contributed by atoms with Crippen molar-refractivity contribution in [3.05, 3.63) is 72.2 Å². The topological polar surface area (TPSA) is 88.2 Å². The molecule has 0 fully saturated rings. The first-order valence-electron chi connectivity index (χ1n) is 8.06. The minimum Gasteiger partial charge on any atom is -0.508 e. The number of aromatic nitrogens is 4. The molecule has 2 N–H and O–H groups in total. The van der Waals surface area contributed by atoms with Gasteiger partial charge >= 0.3 is 0 Å². The van der Waals surface area contributed by atoms with E-state index >= 15 is 0 Å². The molecule has 0 spiro atoms. The molecule has 4 rings (SSSR count). The van der Waals surface area contributed by atoms with Gasteiger partial charge in [0.05, 0.1) is 23.5 Å². The molecule has 26 heavy (non-hydrogen) atoms. The van der Waals surface area contributed by atoms with Gasteiger partial charge in [0.1, 0.15) is 11.6 Å². The first-order valence-corrected chi connectivity index (χ1v) is 8.06. The van der Waals surface area contributed by atoms with Crippen molar-refractivity contribution in [3.63, 3.8) is 0 Å². The van der Waals surface area contributed by atoms with Crippen LogP contribution in [0, 0.1) is 6.92 Å². The zero-order valence-corrected chi connectivity index (χ0v) is 14.0. The molecule has 2 aromatic heterocycles. The van der Waals surface area contributed by atoms with Gasteiger partial charge in [-0.25, -0.2) is 14.6 Å². The van der Waals surface area contributed by atoms with E-state index in [1.165, 1.54) is 0 Å². The van der Waals surface area contributed by atoms with Crippen LogP contribution in [-0.4, -0.2) is 31.1 Å². The summed E-state index contributed by atoms with van der Waals surface area (Å²) in [5.74, 6) is 1.43. The van der Waals surface area contributed by atoms with Gasteiger partial charge < -0.3 is 5.11 Å². The summed E-state index contributed by atoms with van der Waals surface area (Å²) in [6.45, 7) is 1.83. The smallest absolute Gasteiger partial charge is 0.168 e. The number of aromatic hydroxyl groups is 1. The molecule has 0 amide bonds. The summed E-state index contributed by atoms with van der Waals surface area (Å²) in [6.07, 6.45) is 3.38. The Labute approximate surface area is 149 Å². The predicted molar refractivity (Wildman–Crippen MR) is 101 cm³/mol. The summed E-state index contributed by atoms with van der Waals surface area (Å²) >= 11 is 0. The van der Waals surface area contributed by atoms with Gasteiger partial charge in [-0.15, -0.1) is 0 Å². The maximum Gasteiger partial charge on any atom is 0.168 e. The van der Waals surface area contributed by atoms with Gasteiger partial charge in [-0.2, -0.15) is 10.2 Å². The van der Waals surface area contributed by atoms with Gasteiger partial charge in [-0.3, -0.25) is 5.43 Å². The molecule has 0 saturated carbocycles. The molecule has 7 nitrogen and oxygen atoms in total. The molecule has 0 aliphatic carbocycles. The molecule has 0 unspecified atom stereocenters. The molecule has 128 valence electrons. The zero-order chi connectivity index (χ0) is 17.9. The van der Waals surface area contributed by atoms with Crippen LogP contribution in [-0.2, 0) is 0 Å². The Morgan fingerprint density at radius 2 is 1.81 bits per heavy atom. The highest BCUT2D eigenvalue weighted by Gasteiger charge is 2.12. The van der Waals surface area contributed by atoms with Crippen LogP contribution in [0.15, 0.2) is 65.9 Å². The maximum atomic E-state index is 9.32. The quantitative estimate of drug-likeness (QED) is 0.438. The number of phenolic OH excluding ortho intramolecular Hbond substituents is 1. The number of anilines is 1. The third-order valence-electron chi connectivity index (χ3n) is 3.82. The van der Waals surface area contributed by atoms with Crippen LogP contribution in [0.25, 0.3) is 16.7 Å². The van der Waals surface area contributed by atoms with Crippen LogP contribution in [0.3, 0.4) is 0 Å². The van der Waals surface area contributed by atoms with E-state index in [0.717, 1.165) is 16.6 Å². The number of hydrogen-bond donors (Lipinski definition) is 2. The van der Waals surface area contributed by atoms with Crippen LogP contribution in [0.2, 0.25) is 0 Å². The highest BCUT2D eigenvalue weighted by molar-refractivity contribution is 5.88. The van der Waals surface area contributed by atoms with Crippen molar-refractivity contribution in [1.82, 2.24) is 19.7 Å². The summed E-state index contributed by atoms with van der Waals surface area (Å²) < 4.78 is 1.78. The Hall–Kier alpha value is -3.74. The van der Waals surface area contributed by atoms with Gasteiger partial charge in [0, 0.05) is 0 Å². The number of nitrogens with one attached hydrogen (secondary N) is 1. The fourth-order valence-corrected chi connectivity index (χ4v) is 2.59. The minimum atomic E-state index is 0.219. The van der Waals surface area contributed by atoms with Gasteiger partial charge in [0.2, 0.25) is 0 Å². The Morgan fingerprint density at radius 1 is 1.04 bits per heavy atom. The number of fused-ring (bicyclic) bond motifs is 1. The van der Waals surface area contributed by atoms with E-state index < -0.39 is 0 Å². The van der Waals surface area contributed by atoms with Crippen LogP contribution in [0.5, 0.6) is 5.75 Å². The molecule has 0 aliphatic heterocycles. The lowest BCUT2D eigenvalue weighted by Gasteiger charge is -2.05. The van der Waals surface area contributed by atoms with Crippen LogP contribution < -0.4 is 5.43 Å². The van der Waals surface area contributed by atoms with Crippen molar-refractivity contribution in [2.45, 2.75) is 6.92 Å². The second kappa shape index (κ2) is 6.64. The molecule has 7 heteroatoms. The summed E-state index contributed by atoms with van der Waals surface area (Å²) in [7, 11) is 0. The van der Waals surface area contributed by atoms with Gasteiger partial charge in [0.25, 0.3) is 0 Å². The lowest BCUT2D eigenvalue weighted by atomic mass is 10.2. The van der Waals surface area contributed by atoms with Crippen molar-refractivity contribution in [2.24, 2.45) is 5.10 Å². The number of phenols is 1. The molecule has 2 heterocycles. The van der Waals surface area contributed by atoms with Gasteiger partial charge in [0.15, 0.2) is 11.5 Å². The van der Waals surface area contributed by atoms with E-state index in [4.69, 9.17) is 0 Å². The van der Waals surface area contributed by atoms with Crippen molar-refractivity contribution >= 4 is 23.1 Å². The number of hydrogen-bond acceptors (Lipinski definition) is 6. The maximum absolute atomic E-state index is 9.32. The molecule has 0 aliphatic rings. The average molecular weight is 344 g/mol. The Kier molecular flexibility index (Phi) is 4.03. The summed E-state index contributed by atoms with van der Waals surface area (Å²) in [6, 6.07) is 16.6. The highest BCUT2D eigenvalue weighted by atomic mass is 16.3. The summed E-state index contributed by atoms with van der Waals surface area (Å²) in [5.41, 5.74) is 5.46. The predicted octanol–water partition coefficient (Wildman–Crippen LogP) is 3.28. The van der Waals surface area contributed by atoms with E-state index in [9.17, 15) is 5.11 Å². The number of benzene rings is 2. The summed E-state index contributed by atoms with van der Waals surface area (Å²) in [5, 5.41) is 18.8. The standard InChI is InChI=1S/C19H16N6O/c1-13-22-18(24-20-11-14-7-9-16(26)10-8-14)17-12-21-25(19(17)23-13)15-5-3-2-4-6-15/h2-12,26H,1H3,(H,22,23,24)/b20-11+. The lowest BCUT2D eigenvalue weighted by Crippen LogP contribution is -2.01. The number of aryl methyl sites for hydroxylation is 1. The number of nitrogens with zero attached hydrogens (tertiary/aromatic N) is 5. The van der Waals surface area contributed by atoms with Crippen molar-refractivity contribution in [1.29, 1.82) is 0 Å². The second-order valence-corrected chi connectivity index (χ2v) is 5.71. The second-order valence-electron chi connectivity index (χ2n) is 5.71. The fourth-order valence-electron chi connectivity index (χ4n) is 2.59. The Morgan fingerprint density at radius 3 is 2.58 bits per heavy atom. The fraction of sp³-hybridized carbons (Fsp3) is 0.0526. The molecular weight excluding hydrogens is 328 g/mol. The minimum absolute atomic E-state index is 0.219. The molecule has 2 aromatic carbocycles. The molecule has 0 atom stereocenters. The number of hydrazone groups is 1. The zero-order valence-electron chi connectivity index (χ0n) is 14.0. The van der Waals surface area contributed by atoms with Crippen molar-refractivity contribution < 1.29 is 5.11 Å². The molecule has 0 saturated heterocycles. The van der Waals surface area contributed by atoms with Gasteiger partial charge in [-0.05, 0) is 48.9 Å². The normalized spacial score (nSPS) is 11.3. The van der Waals surface area contributed by atoms with E-state index in [-0.39, 0.29) is 5.75 Å². The highest BCUT2D eigenvalue weighted by Crippen LogP contribution is 2.22. The van der Waals surface area contributed by atoms with Crippen LogP contribution >= 0.6 is 0 Å². The van der Waals surface area contributed by atoms with E-state index in [1.54, 1.807) is 41.4 Å². The monoisotopic (exact) mass is 344 g/mol. The average Bonchev–Trinajstić information content (AvgIpc) is 3.08. The number of para-hydroxylation sites is 1. The Bertz CT molecular complexity index is 1070. The third-order valence-corrected chi connectivity index (χ3v) is 3.82. The molecule has 4 aromatic rings. The first kappa shape index (κ1) is 15.8. The van der Waals surface area contributed by atoms with E-state index in [0.29, 0.717) is 17.3 Å². The number of rotatable bonds is 4. The van der Waals surface area contributed by atoms with Crippen LogP contribution in [0.1, 0.15) is 11.4 Å². The van der Waals surface area contributed by atoms with Crippen LogP contribution in [0.4, 0.5) is 5.82 Å².